The normalized spacial score (nSPS) is 10.6. The van der Waals surface area contributed by atoms with Crippen LogP contribution in [0.1, 0.15) is 23.6 Å². The maximum atomic E-state index is 5.96. The van der Waals surface area contributed by atoms with E-state index in [1.54, 1.807) is 0 Å². The number of hydrogen-bond acceptors (Lipinski definition) is 2. The van der Waals surface area contributed by atoms with Crippen molar-refractivity contribution >= 4 is 28.6 Å². The lowest BCUT2D eigenvalue weighted by molar-refractivity contribution is 1.07. The van der Waals surface area contributed by atoms with Crippen LogP contribution in [0.5, 0.6) is 0 Å². The van der Waals surface area contributed by atoms with Crippen LogP contribution in [0.15, 0.2) is 29.6 Å². The zero-order valence-electron chi connectivity index (χ0n) is 9.16. The van der Waals surface area contributed by atoms with Crippen LogP contribution in [0.4, 0.5) is 5.69 Å². The SMILES string of the molecule is CCc1ccccc1Cc1csc(Cl)c1N. The largest absolute Gasteiger partial charge is 0.397 e. The Morgan fingerprint density at radius 2 is 1.88 bits per heavy atom. The van der Waals surface area contributed by atoms with Crippen LogP contribution in [0.25, 0.3) is 0 Å². The molecular formula is C13H14ClNS. The Hall–Kier alpha value is -0.990. The standard InChI is InChI=1S/C13H14ClNS/c1-2-9-5-3-4-6-10(9)7-11-8-16-13(14)12(11)15/h3-6,8H,2,7,15H2,1H3. The molecule has 1 aromatic carbocycles. The van der Waals surface area contributed by atoms with Crippen molar-refractivity contribution < 1.29 is 0 Å². The molecule has 1 nitrogen and oxygen atoms in total. The summed E-state index contributed by atoms with van der Waals surface area (Å²) in [4.78, 5) is 0. The van der Waals surface area contributed by atoms with Crippen LogP contribution in [-0.4, -0.2) is 0 Å². The molecule has 0 unspecified atom stereocenters. The molecule has 3 heteroatoms. The molecule has 0 saturated carbocycles. The van der Waals surface area contributed by atoms with E-state index in [0.29, 0.717) is 4.34 Å². The molecule has 0 aliphatic rings. The van der Waals surface area contributed by atoms with E-state index >= 15 is 0 Å². The van der Waals surface area contributed by atoms with Crippen molar-refractivity contribution in [2.45, 2.75) is 19.8 Å². The zero-order valence-corrected chi connectivity index (χ0v) is 10.7. The van der Waals surface area contributed by atoms with E-state index in [-0.39, 0.29) is 0 Å². The number of rotatable bonds is 3. The molecule has 84 valence electrons. The Balaban J connectivity index is 2.30. The number of thiophene rings is 1. The molecule has 16 heavy (non-hydrogen) atoms. The quantitative estimate of drug-likeness (QED) is 0.872. The lowest BCUT2D eigenvalue weighted by Gasteiger charge is -2.07. The lowest BCUT2D eigenvalue weighted by Crippen LogP contribution is -1.96. The second-order valence-corrected chi connectivity index (χ2v) is 5.23. The monoisotopic (exact) mass is 251 g/mol. The van der Waals surface area contributed by atoms with Crippen molar-refractivity contribution in [3.05, 3.63) is 50.7 Å². The fraction of sp³-hybridized carbons (Fsp3) is 0.231. The van der Waals surface area contributed by atoms with Crippen LogP contribution in [-0.2, 0) is 12.8 Å². The van der Waals surface area contributed by atoms with E-state index in [1.807, 2.05) is 5.38 Å². The van der Waals surface area contributed by atoms with Crippen molar-refractivity contribution in [1.29, 1.82) is 0 Å². The minimum atomic E-state index is 0.698. The van der Waals surface area contributed by atoms with Crippen molar-refractivity contribution in [3.8, 4) is 0 Å². The summed E-state index contributed by atoms with van der Waals surface area (Å²) in [5.41, 5.74) is 10.5. The van der Waals surface area contributed by atoms with Gasteiger partial charge in [-0.2, -0.15) is 0 Å². The molecule has 1 aromatic heterocycles. The first-order valence-electron chi connectivity index (χ1n) is 5.30. The van der Waals surface area contributed by atoms with Gasteiger partial charge in [-0.3, -0.25) is 0 Å². The van der Waals surface area contributed by atoms with Crippen LogP contribution < -0.4 is 5.73 Å². The highest BCUT2D eigenvalue weighted by Gasteiger charge is 2.08. The molecule has 0 fully saturated rings. The number of nitrogens with two attached hydrogens (primary N) is 1. The summed E-state index contributed by atoms with van der Waals surface area (Å²) < 4.78 is 0.698. The van der Waals surface area contributed by atoms with Gasteiger partial charge < -0.3 is 5.73 Å². The molecule has 0 aliphatic carbocycles. The van der Waals surface area contributed by atoms with Crippen LogP contribution in [0.3, 0.4) is 0 Å². The topological polar surface area (TPSA) is 26.0 Å². The Bertz CT molecular complexity index is 490. The first kappa shape index (κ1) is 11.5. The maximum absolute atomic E-state index is 5.96. The predicted octanol–water partition coefficient (Wildman–Crippen LogP) is 4.14. The number of nitrogen functional groups attached to an aromatic ring is 1. The maximum Gasteiger partial charge on any atom is 0.116 e. The molecule has 2 rings (SSSR count). The predicted molar refractivity (Wildman–Crippen MR) is 72.4 cm³/mol. The number of hydrogen-bond donors (Lipinski definition) is 1. The lowest BCUT2D eigenvalue weighted by atomic mass is 9.99. The average Bonchev–Trinajstić information content (AvgIpc) is 2.62. The van der Waals surface area contributed by atoms with E-state index in [0.717, 1.165) is 24.1 Å². The molecule has 2 aromatic rings. The number of halogens is 1. The van der Waals surface area contributed by atoms with Gasteiger partial charge in [-0.25, -0.2) is 0 Å². The molecule has 0 bridgehead atoms. The minimum Gasteiger partial charge on any atom is -0.397 e. The summed E-state index contributed by atoms with van der Waals surface area (Å²) in [7, 11) is 0. The highest BCUT2D eigenvalue weighted by Crippen LogP contribution is 2.32. The minimum absolute atomic E-state index is 0.698. The van der Waals surface area contributed by atoms with Crippen molar-refractivity contribution in [1.82, 2.24) is 0 Å². The fourth-order valence-electron chi connectivity index (χ4n) is 1.79. The van der Waals surface area contributed by atoms with Crippen molar-refractivity contribution in [3.63, 3.8) is 0 Å². The Kier molecular flexibility index (Phi) is 3.52. The van der Waals surface area contributed by atoms with Crippen molar-refractivity contribution in [2.24, 2.45) is 0 Å². The molecule has 2 N–H and O–H groups in total. The van der Waals surface area contributed by atoms with Gasteiger partial charge in [-0.15, -0.1) is 11.3 Å². The summed E-state index contributed by atoms with van der Waals surface area (Å²) in [6, 6.07) is 8.47. The summed E-state index contributed by atoms with van der Waals surface area (Å²) in [5, 5.41) is 2.05. The van der Waals surface area contributed by atoms with E-state index in [2.05, 4.69) is 31.2 Å². The van der Waals surface area contributed by atoms with Gasteiger partial charge in [-0.05, 0) is 28.5 Å². The Labute approximate surface area is 105 Å². The summed E-state index contributed by atoms with van der Waals surface area (Å²) in [5.74, 6) is 0. The van der Waals surface area contributed by atoms with E-state index in [9.17, 15) is 0 Å². The third-order valence-electron chi connectivity index (χ3n) is 2.74. The third kappa shape index (κ3) is 2.23. The first-order chi connectivity index (χ1) is 7.72. The molecule has 0 radical (unpaired) electrons. The highest BCUT2D eigenvalue weighted by atomic mass is 35.5. The second-order valence-electron chi connectivity index (χ2n) is 3.75. The third-order valence-corrected chi connectivity index (χ3v) is 4.04. The molecular weight excluding hydrogens is 238 g/mol. The van der Waals surface area contributed by atoms with Gasteiger partial charge in [0.05, 0.1) is 5.69 Å². The molecule has 0 amide bonds. The van der Waals surface area contributed by atoms with Gasteiger partial charge in [0.15, 0.2) is 0 Å². The van der Waals surface area contributed by atoms with E-state index in [1.165, 1.54) is 22.5 Å². The molecule has 1 heterocycles. The second kappa shape index (κ2) is 4.89. The number of aryl methyl sites for hydroxylation is 1. The molecule has 0 atom stereocenters. The zero-order chi connectivity index (χ0) is 11.5. The summed E-state index contributed by atoms with van der Waals surface area (Å²) in [6.07, 6.45) is 1.92. The van der Waals surface area contributed by atoms with Crippen LogP contribution >= 0.6 is 22.9 Å². The van der Waals surface area contributed by atoms with E-state index < -0.39 is 0 Å². The average molecular weight is 252 g/mol. The van der Waals surface area contributed by atoms with Gasteiger partial charge in [0, 0.05) is 6.42 Å². The van der Waals surface area contributed by atoms with Gasteiger partial charge in [0.25, 0.3) is 0 Å². The van der Waals surface area contributed by atoms with Crippen molar-refractivity contribution in [2.75, 3.05) is 5.73 Å². The highest BCUT2D eigenvalue weighted by molar-refractivity contribution is 7.15. The van der Waals surface area contributed by atoms with Gasteiger partial charge >= 0.3 is 0 Å². The van der Waals surface area contributed by atoms with Crippen LogP contribution in [0.2, 0.25) is 4.34 Å². The Morgan fingerprint density at radius 3 is 2.44 bits per heavy atom. The molecule has 0 spiro atoms. The summed E-state index contributed by atoms with van der Waals surface area (Å²) >= 11 is 7.47. The van der Waals surface area contributed by atoms with E-state index in [4.69, 9.17) is 17.3 Å². The van der Waals surface area contributed by atoms with Gasteiger partial charge in [0.1, 0.15) is 4.34 Å². The summed E-state index contributed by atoms with van der Waals surface area (Å²) in [6.45, 7) is 2.17. The Morgan fingerprint density at radius 1 is 1.19 bits per heavy atom. The smallest absolute Gasteiger partial charge is 0.116 e. The van der Waals surface area contributed by atoms with Crippen LogP contribution in [0, 0.1) is 0 Å². The first-order valence-corrected chi connectivity index (χ1v) is 6.56. The van der Waals surface area contributed by atoms with Gasteiger partial charge in [-0.1, -0.05) is 42.8 Å². The number of benzene rings is 1. The molecule has 0 aliphatic heterocycles. The number of anilines is 1. The van der Waals surface area contributed by atoms with Gasteiger partial charge in [0.2, 0.25) is 0 Å². The molecule has 0 saturated heterocycles. The fourth-order valence-corrected chi connectivity index (χ4v) is 2.76.